The van der Waals surface area contributed by atoms with Gasteiger partial charge in [-0.15, -0.1) is 0 Å². The molecule has 0 bridgehead atoms. The van der Waals surface area contributed by atoms with Crippen molar-refractivity contribution < 1.29 is 14.3 Å². The number of fused-ring (bicyclic) bond motifs is 2. The topological polar surface area (TPSA) is 58.6 Å². The zero-order valence-electron chi connectivity index (χ0n) is 25.8. The number of unbranched alkanes of at least 4 members (excludes halogenated alkanes) is 1. The van der Waals surface area contributed by atoms with Crippen LogP contribution in [-0.2, 0) is 14.3 Å². The largest absolute Gasteiger partial charge is 0.363 e. The summed E-state index contributed by atoms with van der Waals surface area (Å²) in [6.45, 7) is 18.1. The number of nitrogens with zero attached hydrogens (tertiary/aromatic N) is 1. The molecule has 1 aromatic carbocycles. The number of amides is 2. The first-order valence-corrected chi connectivity index (χ1v) is 15.3. The molecule has 1 aliphatic heterocycles. The lowest BCUT2D eigenvalue weighted by molar-refractivity contribution is -0.190. The Hall–Kier alpha value is -2.14. The Labute approximate surface area is 237 Å². The van der Waals surface area contributed by atoms with E-state index in [2.05, 4.69) is 52.9 Å². The smallest absolute Gasteiger partial charge is 0.245 e. The molecule has 4 atom stereocenters. The van der Waals surface area contributed by atoms with Crippen LogP contribution in [0.4, 0.5) is 5.69 Å². The lowest BCUT2D eigenvalue weighted by atomic mass is 9.46. The van der Waals surface area contributed by atoms with Crippen molar-refractivity contribution in [1.29, 1.82) is 0 Å². The molecule has 0 aromatic heterocycles. The van der Waals surface area contributed by atoms with Gasteiger partial charge in [-0.2, -0.15) is 0 Å². The minimum Gasteiger partial charge on any atom is -0.363 e. The normalized spacial score (nSPS) is 31.9. The van der Waals surface area contributed by atoms with Gasteiger partial charge in [0.1, 0.15) is 5.54 Å². The molecule has 2 amide bonds. The second kappa shape index (κ2) is 10.7. The third kappa shape index (κ3) is 5.21. The van der Waals surface area contributed by atoms with Crippen LogP contribution in [0.15, 0.2) is 42.0 Å². The van der Waals surface area contributed by atoms with Crippen molar-refractivity contribution in [2.75, 3.05) is 11.4 Å². The fraction of sp³-hybridized carbons (Fsp3) is 0.706. The van der Waals surface area contributed by atoms with Crippen LogP contribution in [0.2, 0.25) is 0 Å². The van der Waals surface area contributed by atoms with Crippen LogP contribution < -0.4 is 10.2 Å². The number of benzene rings is 1. The highest BCUT2D eigenvalue weighted by Gasteiger charge is 2.64. The van der Waals surface area contributed by atoms with E-state index in [1.54, 1.807) is 4.90 Å². The molecule has 2 aliphatic carbocycles. The van der Waals surface area contributed by atoms with Crippen LogP contribution in [0, 0.1) is 16.7 Å². The number of anilines is 1. The van der Waals surface area contributed by atoms with Gasteiger partial charge in [-0.05, 0) is 95.3 Å². The van der Waals surface area contributed by atoms with Crippen LogP contribution in [0.5, 0.6) is 0 Å². The van der Waals surface area contributed by atoms with Gasteiger partial charge in [-0.25, -0.2) is 0 Å². The zero-order valence-corrected chi connectivity index (χ0v) is 25.8. The molecule has 1 aromatic rings. The maximum atomic E-state index is 14.3. The van der Waals surface area contributed by atoms with E-state index >= 15 is 0 Å². The number of rotatable bonds is 8. The second-order valence-corrected chi connectivity index (χ2v) is 14.2. The molecule has 2 fully saturated rings. The van der Waals surface area contributed by atoms with Gasteiger partial charge in [-0.3, -0.25) is 14.5 Å². The monoisotopic (exact) mass is 536 g/mol. The van der Waals surface area contributed by atoms with E-state index in [-0.39, 0.29) is 34.7 Å². The van der Waals surface area contributed by atoms with Crippen molar-refractivity contribution in [3.8, 4) is 0 Å². The summed E-state index contributed by atoms with van der Waals surface area (Å²) in [4.78, 5) is 29.3. The summed E-state index contributed by atoms with van der Waals surface area (Å²) < 4.78 is 7.25. The highest BCUT2D eigenvalue weighted by Crippen LogP contribution is 2.66. The lowest BCUT2D eigenvalue weighted by Gasteiger charge is -2.61. The van der Waals surface area contributed by atoms with Gasteiger partial charge in [0.15, 0.2) is 0 Å². The molecular formula is C34H52N2O3. The molecule has 0 radical (unpaired) electrons. The van der Waals surface area contributed by atoms with Gasteiger partial charge in [-0.1, -0.05) is 64.8 Å². The fourth-order valence-corrected chi connectivity index (χ4v) is 8.31. The van der Waals surface area contributed by atoms with Crippen LogP contribution in [0.1, 0.15) is 113 Å². The molecule has 1 N–H and O–H groups in total. The van der Waals surface area contributed by atoms with Gasteiger partial charge in [0, 0.05) is 17.6 Å². The lowest BCUT2D eigenvalue weighted by Crippen LogP contribution is -2.60. The van der Waals surface area contributed by atoms with Gasteiger partial charge >= 0.3 is 0 Å². The average Bonchev–Trinajstić information content (AvgIpc) is 3.21. The fourth-order valence-electron chi connectivity index (χ4n) is 8.31. The Morgan fingerprint density at radius 2 is 1.74 bits per heavy atom. The van der Waals surface area contributed by atoms with Crippen LogP contribution in [-0.4, -0.2) is 35.1 Å². The molecular weight excluding hydrogens is 484 g/mol. The number of hydrogen-bond acceptors (Lipinski definition) is 3. The van der Waals surface area contributed by atoms with Crippen molar-refractivity contribution in [3.63, 3.8) is 0 Å². The Morgan fingerprint density at radius 1 is 1.05 bits per heavy atom. The third-order valence-corrected chi connectivity index (χ3v) is 10.6. The number of carbonyl (C=O) groups is 2. The first-order valence-electron chi connectivity index (χ1n) is 15.3. The Bertz CT molecular complexity index is 1090. The van der Waals surface area contributed by atoms with E-state index in [0.29, 0.717) is 12.5 Å². The first-order chi connectivity index (χ1) is 18.2. The molecule has 5 nitrogen and oxygen atoms in total. The second-order valence-electron chi connectivity index (χ2n) is 14.2. The Kier molecular flexibility index (Phi) is 8.17. The quantitative estimate of drug-likeness (QED) is 0.275. The predicted molar refractivity (Wildman–Crippen MR) is 160 cm³/mol. The van der Waals surface area contributed by atoms with Crippen molar-refractivity contribution in [2.24, 2.45) is 16.7 Å². The Balaban J connectivity index is 1.62. The van der Waals surface area contributed by atoms with E-state index in [4.69, 9.17) is 4.74 Å². The SMILES string of the molecule is CCCCNC(=O)C(C)(C)N(C(=O)C[C@]1(C)CC[C@@]2(O1)C(C)=CC[C@H]1C(C)(C)CCC[C@@]12C)c1ccccc1. The molecule has 1 saturated heterocycles. The summed E-state index contributed by atoms with van der Waals surface area (Å²) in [5.74, 6) is 0.361. The Morgan fingerprint density at radius 3 is 2.41 bits per heavy atom. The van der Waals surface area contributed by atoms with E-state index in [1.165, 1.54) is 18.4 Å². The van der Waals surface area contributed by atoms with Crippen molar-refractivity contribution in [3.05, 3.63) is 42.0 Å². The number of hydrogen-bond donors (Lipinski definition) is 1. The number of allylic oxidation sites excluding steroid dienone is 1. The molecule has 39 heavy (non-hydrogen) atoms. The van der Waals surface area contributed by atoms with E-state index in [9.17, 15) is 9.59 Å². The molecule has 1 heterocycles. The molecule has 0 unspecified atom stereocenters. The molecule has 1 saturated carbocycles. The molecule has 5 heteroatoms. The van der Waals surface area contributed by atoms with Crippen LogP contribution >= 0.6 is 0 Å². The van der Waals surface area contributed by atoms with Crippen LogP contribution in [0.3, 0.4) is 0 Å². The highest BCUT2D eigenvalue weighted by molar-refractivity contribution is 6.03. The summed E-state index contributed by atoms with van der Waals surface area (Å²) >= 11 is 0. The minimum absolute atomic E-state index is 0.0476. The van der Waals surface area contributed by atoms with E-state index in [1.807, 2.05) is 44.2 Å². The zero-order chi connectivity index (χ0) is 28.7. The van der Waals surface area contributed by atoms with Crippen molar-refractivity contribution >= 4 is 17.5 Å². The van der Waals surface area contributed by atoms with Gasteiger partial charge < -0.3 is 10.1 Å². The van der Waals surface area contributed by atoms with Crippen molar-refractivity contribution in [2.45, 2.75) is 130 Å². The highest BCUT2D eigenvalue weighted by atomic mass is 16.5. The first kappa shape index (κ1) is 29.8. The third-order valence-electron chi connectivity index (χ3n) is 10.6. The summed E-state index contributed by atoms with van der Waals surface area (Å²) in [6, 6.07) is 9.62. The molecule has 3 aliphatic rings. The molecule has 1 spiro atoms. The van der Waals surface area contributed by atoms with Gasteiger partial charge in [0.2, 0.25) is 11.8 Å². The number of ether oxygens (including phenoxy) is 1. The summed E-state index contributed by atoms with van der Waals surface area (Å²) in [7, 11) is 0. The molecule has 4 rings (SSSR count). The average molecular weight is 537 g/mol. The van der Waals surface area contributed by atoms with Crippen LogP contribution in [0.25, 0.3) is 0 Å². The maximum absolute atomic E-state index is 14.3. The molecule has 216 valence electrons. The number of para-hydroxylation sites is 1. The summed E-state index contributed by atoms with van der Waals surface area (Å²) in [5, 5.41) is 3.06. The minimum atomic E-state index is -1.04. The van der Waals surface area contributed by atoms with E-state index in [0.717, 1.165) is 44.2 Å². The van der Waals surface area contributed by atoms with Crippen molar-refractivity contribution in [1.82, 2.24) is 5.32 Å². The van der Waals surface area contributed by atoms with E-state index < -0.39 is 11.1 Å². The summed E-state index contributed by atoms with van der Waals surface area (Å²) in [6.07, 6.45) is 11.1. The van der Waals surface area contributed by atoms with Gasteiger partial charge in [0.05, 0.1) is 17.6 Å². The number of carbonyl (C=O) groups excluding carboxylic acids is 2. The van der Waals surface area contributed by atoms with Gasteiger partial charge in [0.25, 0.3) is 0 Å². The maximum Gasteiger partial charge on any atom is 0.245 e. The number of nitrogens with one attached hydrogen (secondary N) is 1. The predicted octanol–water partition coefficient (Wildman–Crippen LogP) is 7.60. The summed E-state index contributed by atoms with van der Waals surface area (Å²) in [5.41, 5.74) is 0.424. The standard InChI is InChI=1S/C34H52N2O3/c1-9-10-23-35-29(38)31(5,6)36(26-15-12-11-13-16-26)28(37)24-32(7)21-22-34(39-32)25(2)17-18-27-30(3,4)19-14-20-33(27,34)8/h11-13,15-17,27H,9-10,14,18-24H2,1-8H3,(H,35,38)/t27-,32-,33-,34+/m0/s1.